The SMILES string of the molecule is Cc1[nH]c2ccc(NC(=O)C3CC3)cc2c1C(=O)c1c(F)cccc1F. The van der Waals surface area contributed by atoms with Crippen molar-refractivity contribution in [2.45, 2.75) is 19.8 Å². The molecule has 1 saturated carbocycles. The van der Waals surface area contributed by atoms with Crippen LogP contribution in [0.15, 0.2) is 36.4 Å². The van der Waals surface area contributed by atoms with Crippen LogP contribution in [0.5, 0.6) is 0 Å². The Bertz CT molecular complexity index is 1030. The third-order valence-corrected chi connectivity index (χ3v) is 4.62. The summed E-state index contributed by atoms with van der Waals surface area (Å²) in [5.74, 6) is -2.53. The number of rotatable bonds is 4. The van der Waals surface area contributed by atoms with E-state index < -0.39 is 23.0 Å². The molecule has 26 heavy (non-hydrogen) atoms. The molecule has 2 N–H and O–H groups in total. The molecule has 0 unspecified atom stereocenters. The molecule has 1 amide bonds. The van der Waals surface area contributed by atoms with Gasteiger partial charge in [0.25, 0.3) is 0 Å². The summed E-state index contributed by atoms with van der Waals surface area (Å²) in [5.41, 5.74) is 1.34. The lowest BCUT2D eigenvalue weighted by molar-refractivity contribution is -0.117. The quantitative estimate of drug-likeness (QED) is 0.685. The molecule has 1 aliphatic carbocycles. The molecule has 4 nitrogen and oxygen atoms in total. The first-order valence-electron chi connectivity index (χ1n) is 8.37. The maximum Gasteiger partial charge on any atom is 0.227 e. The Morgan fingerprint density at radius 1 is 1.08 bits per heavy atom. The van der Waals surface area contributed by atoms with Crippen molar-refractivity contribution in [3.05, 3.63) is 64.9 Å². The van der Waals surface area contributed by atoms with Crippen molar-refractivity contribution in [2.75, 3.05) is 5.32 Å². The first-order valence-corrected chi connectivity index (χ1v) is 8.37. The minimum Gasteiger partial charge on any atom is -0.358 e. The number of ketones is 1. The number of aryl methyl sites for hydroxylation is 1. The largest absolute Gasteiger partial charge is 0.358 e. The number of halogens is 2. The van der Waals surface area contributed by atoms with E-state index in [1.54, 1.807) is 25.1 Å². The van der Waals surface area contributed by atoms with Crippen LogP contribution in [-0.4, -0.2) is 16.7 Å². The van der Waals surface area contributed by atoms with Gasteiger partial charge in [-0.2, -0.15) is 0 Å². The van der Waals surface area contributed by atoms with Crippen LogP contribution in [-0.2, 0) is 4.79 Å². The number of anilines is 1. The van der Waals surface area contributed by atoms with Gasteiger partial charge in [0.2, 0.25) is 11.7 Å². The van der Waals surface area contributed by atoms with E-state index in [1.807, 2.05) is 0 Å². The molecule has 132 valence electrons. The van der Waals surface area contributed by atoms with Crippen molar-refractivity contribution in [2.24, 2.45) is 5.92 Å². The summed E-state index contributed by atoms with van der Waals surface area (Å²) < 4.78 is 28.1. The number of amides is 1. The number of fused-ring (bicyclic) bond motifs is 1. The summed E-state index contributed by atoms with van der Waals surface area (Å²) in [5, 5.41) is 3.34. The third-order valence-electron chi connectivity index (χ3n) is 4.62. The van der Waals surface area contributed by atoms with Gasteiger partial charge in [-0.3, -0.25) is 9.59 Å². The van der Waals surface area contributed by atoms with Crippen LogP contribution in [0.1, 0.15) is 34.5 Å². The molecule has 0 bridgehead atoms. The second-order valence-electron chi connectivity index (χ2n) is 6.57. The number of hydrogen-bond acceptors (Lipinski definition) is 2. The number of carbonyl (C=O) groups is 2. The van der Waals surface area contributed by atoms with E-state index in [0.29, 0.717) is 22.3 Å². The number of aromatic amines is 1. The van der Waals surface area contributed by atoms with Gasteiger partial charge >= 0.3 is 0 Å². The van der Waals surface area contributed by atoms with Gasteiger partial charge in [-0.15, -0.1) is 0 Å². The number of benzene rings is 2. The molecule has 4 rings (SSSR count). The van der Waals surface area contributed by atoms with Gasteiger partial charge in [0.1, 0.15) is 11.6 Å². The summed E-state index contributed by atoms with van der Waals surface area (Å²) in [7, 11) is 0. The summed E-state index contributed by atoms with van der Waals surface area (Å²) in [4.78, 5) is 27.9. The monoisotopic (exact) mass is 354 g/mol. The minimum atomic E-state index is -0.901. The van der Waals surface area contributed by atoms with E-state index in [1.165, 1.54) is 6.07 Å². The van der Waals surface area contributed by atoms with Gasteiger partial charge in [-0.25, -0.2) is 8.78 Å². The Labute approximate surface area is 148 Å². The van der Waals surface area contributed by atoms with E-state index in [4.69, 9.17) is 0 Å². The molecule has 2 aromatic carbocycles. The summed E-state index contributed by atoms with van der Waals surface area (Å²) in [6, 6.07) is 8.46. The van der Waals surface area contributed by atoms with Crippen LogP contribution in [0.3, 0.4) is 0 Å². The molecular formula is C20H16F2N2O2. The van der Waals surface area contributed by atoms with Crippen molar-refractivity contribution < 1.29 is 18.4 Å². The standard InChI is InChI=1S/C20H16F2N2O2/c1-10-17(19(25)18-14(21)3-2-4-15(18)22)13-9-12(7-8-16(13)23-10)24-20(26)11-5-6-11/h2-4,7-9,11,23H,5-6H2,1H3,(H,24,26). The lowest BCUT2D eigenvalue weighted by atomic mass is 9.99. The van der Waals surface area contributed by atoms with Crippen LogP contribution in [0.2, 0.25) is 0 Å². The maximum absolute atomic E-state index is 14.0. The van der Waals surface area contributed by atoms with Crippen LogP contribution in [0, 0.1) is 24.5 Å². The number of nitrogens with one attached hydrogen (secondary N) is 2. The predicted octanol–water partition coefficient (Wildman–Crippen LogP) is 4.33. The zero-order chi connectivity index (χ0) is 18.4. The zero-order valence-corrected chi connectivity index (χ0v) is 14.0. The van der Waals surface area contributed by atoms with Crippen molar-refractivity contribution >= 4 is 28.3 Å². The van der Waals surface area contributed by atoms with Gasteiger partial charge in [0.15, 0.2) is 0 Å². The number of hydrogen-bond donors (Lipinski definition) is 2. The van der Waals surface area contributed by atoms with E-state index in [2.05, 4.69) is 10.3 Å². The summed E-state index contributed by atoms with van der Waals surface area (Å²) in [6.45, 7) is 1.68. The second-order valence-corrected chi connectivity index (χ2v) is 6.57. The van der Waals surface area contributed by atoms with Crippen molar-refractivity contribution in [3.8, 4) is 0 Å². The fourth-order valence-electron chi connectivity index (χ4n) is 3.13. The molecule has 6 heteroatoms. The molecule has 0 saturated heterocycles. The van der Waals surface area contributed by atoms with Crippen molar-refractivity contribution in [1.29, 1.82) is 0 Å². The van der Waals surface area contributed by atoms with Gasteiger partial charge in [-0.1, -0.05) is 6.07 Å². The van der Waals surface area contributed by atoms with Crippen molar-refractivity contribution in [3.63, 3.8) is 0 Å². The normalized spacial score (nSPS) is 13.8. The lowest BCUT2D eigenvalue weighted by Crippen LogP contribution is -2.13. The Morgan fingerprint density at radius 3 is 2.42 bits per heavy atom. The molecule has 1 heterocycles. The topological polar surface area (TPSA) is 62.0 Å². The van der Waals surface area contributed by atoms with Gasteiger partial charge in [-0.05, 0) is 50.1 Å². The minimum absolute atomic E-state index is 0.0484. The van der Waals surface area contributed by atoms with Crippen molar-refractivity contribution in [1.82, 2.24) is 4.98 Å². The molecule has 1 aliphatic rings. The van der Waals surface area contributed by atoms with Crippen LogP contribution >= 0.6 is 0 Å². The van der Waals surface area contributed by atoms with E-state index in [-0.39, 0.29) is 17.4 Å². The average Bonchev–Trinajstić information content (AvgIpc) is 3.37. The molecule has 0 aliphatic heterocycles. The summed E-state index contributed by atoms with van der Waals surface area (Å²) in [6.07, 6.45) is 1.77. The molecule has 0 atom stereocenters. The van der Waals surface area contributed by atoms with Gasteiger partial charge in [0.05, 0.1) is 11.1 Å². The van der Waals surface area contributed by atoms with Crippen LogP contribution in [0.4, 0.5) is 14.5 Å². The Hall–Kier alpha value is -3.02. The lowest BCUT2D eigenvalue weighted by Gasteiger charge is -2.07. The van der Waals surface area contributed by atoms with Gasteiger partial charge in [0, 0.05) is 28.2 Å². The fraction of sp³-hybridized carbons (Fsp3) is 0.200. The highest BCUT2D eigenvalue weighted by molar-refractivity contribution is 6.18. The smallest absolute Gasteiger partial charge is 0.227 e. The maximum atomic E-state index is 14.0. The predicted molar refractivity (Wildman–Crippen MR) is 94.2 cm³/mol. The molecule has 1 aromatic heterocycles. The Balaban J connectivity index is 1.79. The van der Waals surface area contributed by atoms with Crippen LogP contribution in [0.25, 0.3) is 10.9 Å². The second kappa shape index (κ2) is 6.05. The highest BCUT2D eigenvalue weighted by Gasteiger charge is 2.30. The Morgan fingerprint density at radius 2 is 1.77 bits per heavy atom. The van der Waals surface area contributed by atoms with E-state index >= 15 is 0 Å². The first-order chi connectivity index (χ1) is 12.5. The van der Waals surface area contributed by atoms with E-state index in [9.17, 15) is 18.4 Å². The number of carbonyl (C=O) groups excluding carboxylic acids is 2. The van der Waals surface area contributed by atoms with Crippen LogP contribution < -0.4 is 5.32 Å². The molecule has 3 aromatic rings. The summed E-state index contributed by atoms with van der Waals surface area (Å²) >= 11 is 0. The number of aromatic nitrogens is 1. The highest BCUT2D eigenvalue weighted by Crippen LogP contribution is 2.32. The van der Waals surface area contributed by atoms with Gasteiger partial charge < -0.3 is 10.3 Å². The molecule has 0 radical (unpaired) electrons. The first kappa shape index (κ1) is 16.4. The third kappa shape index (κ3) is 2.77. The molecule has 0 spiro atoms. The number of H-pyrrole nitrogens is 1. The Kier molecular flexibility index (Phi) is 3.83. The fourth-order valence-corrected chi connectivity index (χ4v) is 3.13. The molecule has 1 fully saturated rings. The zero-order valence-electron chi connectivity index (χ0n) is 14.0. The average molecular weight is 354 g/mol. The highest BCUT2D eigenvalue weighted by atomic mass is 19.1. The van der Waals surface area contributed by atoms with E-state index in [0.717, 1.165) is 25.0 Å². The molecular weight excluding hydrogens is 338 g/mol.